The Balaban J connectivity index is 2.41. The van der Waals surface area contributed by atoms with Crippen LogP contribution in [0.1, 0.15) is 33.6 Å². The number of likely N-dealkylation sites (tertiary alicyclic amines) is 1. The van der Waals surface area contributed by atoms with Crippen molar-refractivity contribution in [3.8, 4) is 0 Å². The monoisotopic (exact) mass is 290 g/mol. The van der Waals surface area contributed by atoms with Gasteiger partial charge in [0.2, 0.25) is 5.91 Å². The first kappa shape index (κ1) is 16.1. The minimum Gasteiger partial charge on any atom is -0.444 e. The van der Waals surface area contributed by atoms with Crippen molar-refractivity contribution in [2.45, 2.75) is 39.2 Å². The molecular formula is C13H23ClN2O3. The molecular weight excluding hydrogens is 268 g/mol. The zero-order valence-electron chi connectivity index (χ0n) is 11.9. The second-order valence-electron chi connectivity index (χ2n) is 5.87. The van der Waals surface area contributed by atoms with E-state index in [2.05, 4.69) is 5.32 Å². The van der Waals surface area contributed by atoms with Crippen molar-refractivity contribution in [1.82, 2.24) is 10.2 Å². The molecule has 0 unspecified atom stereocenters. The topological polar surface area (TPSA) is 58.6 Å². The van der Waals surface area contributed by atoms with Crippen LogP contribution in [0.3, 0.4) is 0 Å². The summed E-state index contributed by atoms with van der Waals surface area (Å²) in [6.45, 7) is 7.46. The van der Waals surface area contributed by atoms with Crippen molar-refractivity contribution in [3.05, 3.63) is 0 Å². The molecule has 0 aliphatic carbocycles. The lowest BCUT2D eigenvalue weighted by Crippen LogP contribution is -2.45. The highest BCUT2D eigenvalue weighted by Gasteiger charge is 2.27. The maximum absolute atomic E-state index is 11.9. The van der Waals surface area contributed by atoms with Crippen molar-refractivity contribution in [2.24, 2.45) is 5.92 Å². The molecule has 110 valence electrons. The van der Waals surface area contributed by atoms with E-state index in [4.69, 9.17) is 16.3 Å². The van der Waals surface area contributed by atoms with Crippen molar-refractivity contribution >= 4 is 23.6 Å². The van der Waals surface area contributed by atoms with Crippen LogP contribution in [0.25, 0.3) is 0 Å². The van der Waals surface area contributed by atoms with E-state index in [1.54, 1.807) is 4.90 Å². The summed E-state index contributed by atoms with van der Waals surface area (Å²) in [5.41, 5.74) is -0.475. The number of hydrogen-bond acceptors (Lipinski definition) is 3. The molecule has 0 aromatic heterocycles. The lowest BCUT2D eigenvalue weighted by Gasteiger charge is -2.34. The number of carbonyl (C=O) groups excluding carboxylic acids is 2. The molecule has 0 bridgehead atoms. The van der Waals surface area contributed by atoms with Crippen LogP contribution in [-0.4, -0.2) is 48.0 Å². The molecule has 6 heteroatoms. The summed E-state index contributed by atoms with van der Waals surface area (Å²) in [7, 11) is 0. The van der Waals surface area contributed by atoms with E-state index in [9.17, 15) is 9.59 Å². The third kappa shape index (κ3) is 6.14. The number of nitrogens with zero attached hydrogens (tertiary/aromatic N) is 1. The van der Waals surface area contributed by atoms with Crippen molar-refractivity contribution in [1.29, 1.82) is 0 Å². The molecule has 0 aromatic rings. The van der Waals surface area contributed by atoms with E-state index in [0.717, 1.165) is 19.4 Å². The predicted octanol–water partition coefficient (Wildman–Crippen LogP) is 1.99. The third-order valence-electron chi connectivity index (χ3n) is 2.88. The number of piperidine rings is 1. The summed E-state index contributed by atoms with van der Waals surface area (Å²) in [6, 6.07) is 0. The van der Waals surface area contributed by atoms with Crippen LogP contribution in [0.2, 0.25) is 0 Å². The van der Waals surface area contributed by atoms with Gasteiger partial charge in [0, 0.05) is 19.6 Å². The SMILES string of the molecule is CC(C)(C)OC(=O)N1CCC[C@@H](CNC(=O)CCl)C1. The fourth-order valence-electron chi connectivity index (χ4n) is 2.03. The van der Waals surface area contributed by atoms with E-state index in [0.29, 0.717) is 13.1 Å². The summed E-state index contributed by atoms with van der Waals surface area (Å²) in [6.07, 6.45) is 1.66. The van der Waals surface area contributed by atoms with Crippen LogP contribution in [0.5, 0.6) is 0 Å². The normalized spacial score (nSPS) is 20.0. The quantitative estimate of drug-likeness (QED) is 0.809. The average molecular weight is 291 g/mol. The number of rotatable bonds is 3. The molecule has 19 heavy (non-hydrogen) atoms. The number of nitrogens with one attached hydrogen (secondary N) is 1. The molecule has 0 saturated carbocycles. The number of amides is 2. The first-order valence-electron chi connectivity index (χ1n) is 6.62. The fraction of sp³-hybridized carbons (Fsp3) is 0.846. The van der Waals surface area contributed by atoms with Gasteiger partial charge in [0.15, 0.2) is 0 Å². The number of carbonyl (C=O) groups is 2. The summed E-state index contributed by atoms with van der Waals surface area (Å²) in [5.74, 6) is 0.0761. The van der Waals surface area contributed by atoms with Crippen LogP contribution in [-0.2, 0) is 9.53 Å². The van der Waals surface area contributed by atoms with Gasteiger partial charge in [-0.05, 0) is 39.5 Å². The highest BCUT2D eigenvalue weighted by Crippen LogP contribution is 2.18. The summed E-state index contributed by atoms with van der Waals surface area (Å²) < 4.78 is 5.35. The maximum Gasteiger partial charge on any atom is 0.410 e. The molecule has 1 fully saturated rings. The molecule has 1 atom stereocenters. The predicted molar refractivity (Wildman–Crippen MR) is 74.3 cm³/mol. The minimum absolute atomic E-state index is 0.0253. The molecule has 1 rings (SSSR count). The molecule has 2 amide bonds. The lowest BCUT2D eigenvalue weighted by molar-refractivity contribution is -0.118. The third-order valence-corrected chi connectivity index (χ3v) is 3.12. The first-order valence-corrected chi connectivity index (χ1v) is 7.16. The molecule has 1 N–H and O–H groups in total. The summed E-state index contributed by atoms with van der Waals surface area (Å²) >= 11 is 5.42. The van der Waals surface area contributed by atoms with Crippen LogP contribution in [0, 0.1) is 5.92 Å². The highest BCUT2D eigenvalue weighted by atomic mass is 35.5. The zero-order valence-corrected chi connectivity index (χ0v) is 12.6. The molecule has 1 heterocycles. The Kier molecular flexibility index (Phi) is 5.91. The molecule has 0 spiro atoms. The van der Waals surface area contributed by atoms with Gasteiger partial charge < -0.3 is 15.0 Å². The van der Waals surface area contributed by atoms with Gasteiger partial charge >= 0.3 is 6.09 Å². The van der Waals surface area contributed by atoms with Crippen LogP contribution in [0.4, 0.5) is 4.79 Å². The maximum atomic E-state index is 11.9. The van der Waals surface area contributed by atoms with Crippen molar-refractivity contribution in [3.63, 3.8) is 0 Å². The second-order valence-corrected chi connectivity index (χ2v) is 6.14. The van der Waals surface area contributed by atoms with Gasteiger partial charge in [0.05, 0.1) is 0 Å². The minimum atomic E-state index is -0.475. The van der Waals surface area contributed by atoms with Gasteiger partial charge in [-0.3, -0.25) is 4.79 Å². The second kappa shape index (κ2) is 6.98. The number of alkyl halides is 1. The number of halogens is 1. The van der Waals surface area contributed by atoms with Crippen LogP contribution < -0.4 is 5.32 Å². The molecule has 1 saturated heterocycles. The van der Waals surface area contributed by atoms with Crippen molar-refractivity contribution < 1.29 is 14.3 Å². The van der Waals surface area contributed by atoms with Crippen molar-refractivity contribution in [2.75, 3.05) is 25.5 Å². The standard InChI is InChI=1S/C13H23ClN2O3/c1-13(2,3)19-12(18)16-6-4-5-10(9-16)8-15-11(17)7-14/h10H,4-9H2,1-3H3,(H,15,17)/t10-/m0/s1. The molecule has 1 aliphatic rings. The van der Waals surface area contributed by atoms with Crippen LogP contribution in [0.15, 0.2) is 0 Å². The fourth-order valence-corrected chi connectivity index (χ4v) is 2.12. The Bertz CT molecular complexity index is 328. The smallest absolute Gasteiger partial charge is 0.410 e. The van der Waals surface area contributed by atoms with E-state index in [-0.39, 0.29) is 23.8 Å². The lowest BCUT2D eigenvalue weighted by atomic mass is 9.98. The largest absolute Gasteiger partial charge is 0.444 e. The Labute approximate surface area is 119 Å². The highest BCUT2D eigenvalue weighted by molar-refractivity contribution is 6.27. The van der Waals surface area contributed by atoms with Crippen LogP contribution >= 0.6 is 11.6 Å². The average Bonchev–Trinajstić information content (AvgIpc) is 2.34. The Morgan fingerprint density at radius 1 is 1.42 bits per heavy atom. The van der Waals surface area contributed by atoms with Gasteiger partial charge in [0.1, 0.15) is 11.5 Å². The Hall–Kier alpha value is -0.970. The number of ether oxygens (including phenoxy) is 1. The van der Waals surface area contributed by atoms with E-state index in [1.165, 1.54) is 0 Å². The Morgan fingerprint density at radius 2 is 2.11 bits per heavy atom. The zero-order chi connectivity index (χ0) is 14.5. The van der Waals surface area contributed by atoms with Gasteiger partial charge in [-0.25, -0.2) is 4.79 Å². The van der Waals surface area contributed by atoms with Gasteiger partial charge in [-0.2, -0.15) is 0 Å². The van der Waals surface area contributed by atoms with Gasteiger partial charge in [-0.15, -0.1) is 11.6 Å². The van der Waals surface area contributed by atoms with Gasteiger partial charge in [-0.1, -0.05) is 0 Å². The molecule has 5 nitrogen and oxygen atoms in total. The van der Waals surface area contributed by atoms with Gasteiger partial charge in [0.25, 0.3) is 0 Å². The van der Waals surface area contributed by atoms with E-state index >= 15 is 0 Å². The Morgan fingerprint density at radius 3 is 2.68 bits per heavy atom. The van der Waals surface area contributed by atoms with E-state index in [1.807, 2.05) is 20.8 Å². The molecule has 0 radical (unpaired) electrons. The molecule has 1 aliphatic heterocycles. The first-order chi connectivity index (χ1) is 8.81. The van der Waals surface area contributed by atoms with E-state index < -0.39 is 5.60 Å². The molecule has 0 aromatic carbocycles. The number of hydrogen-bond donors (Lipinski definition) is 1. The summed E-state index contributed by atoms with van der Waals surface area (Å²) in [5, 5.41) is 2.76. The summed E-state index contributed by atoms with van der Waals surface area (Å²) in [4.78, 5) is 24.8.